The maximum absolute atomic E-state index is 13.7. The van der Waals surface area contributed by atoms with Crippen LogP contribution < -0.4 is 11.3 Å². The van der Waals surface area contributed by atoms with Crippen molar-refractivity contribution >= 4 is 22.9 Å². The first kappa shape index (κ1) is 25.3. The van der Waals surface area contributed by atoms with Gasteiger partial charge in [0, 0.05) is 18.5 Å². The summed E-state index contributed by atoms with van der Waals surface area (Å²) in [7, 11) is 0. The molecule has 1 atom stereocenters. The SMILES string of the molecule is CCC(c1nc2onc(C)c2c(=O)n1Cc1ccccc1)N(CCC(N)=O)C(=O)c1cccc(C#N)c1. The summed E-state index contributed by atoms with van der Waals surface area (Å²) in [4.78, 5) is 45.2. The number of aryl methyl sites for hydroxylation is 1. The molecule has 2 heterocycles. The number of carbonyl (C=O) groups is 2. The van der Waals surface area contributed by atoms with Gasteiger partial charge in [-0.3, -0.25) is 19.0 Å². The maximum Gasteiger partial charge on any atom is 0.267 e. The first-order chi connectivity index (χ1) is 17.8. The Hall–Kier alpha value is -4.78. The standard InChI is InChI=1S/C27H26N6O4/c1-3-21(32(13-12-22(29)34)26(35)20-11-7-10-19(14-20)15-28)24-30-25-23(17(2)31-37-25)27(36)33(24)16-18-8-5-4-6-9-18/h4-11,14,21H,3,12-13,16H2,1-2H3,(H2,29,34). The van der Waals surface area contributed by atoms with Crippen molar-refractivity contribution < 1.29 is 14.1 Å². The van der Waals surface area contributed by atoms with Gasteiger partial charge in [-0.2, -0.15) is 10.2 Å². The second kappa shape index (κ2) is 10.9. The molecule has 0 saturated carbocycles. The highest BCUT2D eigenvalue weighted by Crippen LogP contribution is 2.27. The van der Waals surface area contributed by atoms with Gasteiger partial charge in [0.1, 0.15) is 11.2 Å². The number of primary amides is 1. The van der Waals surface area contributed by atoms with Crippen LogP contribution in [0.1, 0.15) is 58.8 Å². The molecule has 0 aliphatic heterocycles. The van der Waals surface area contributed by atoms with Crippen molar-refractivity contribution in [2.75, 3.05) is 6.54 Å². The molecule has 0 saturated heterocycles. The van der Waals surface area contributed by atoms with Gasteiger partial charge < -0.3 is 15.2 Å². The van der Waals surface area contributed by atoms with Crippen LogP contribution in [0.5, 0.6) is 0 Å². The van der Waals surface area contributed by atoms with Gasteiger partial charge in [0.05, 0.1) is 29.9 Å². The van der Waals surface area contributed by atoms with Crippen LogP contribution in [0.3, 0.4) is 0 Å². The van der Waals surface area contributed by atoms with Crippen LogP contribution in [0.4, 0.5) is 0 Å². The monoisotopic (exact) mass is 498 g/mol. The molecule has 2 aromatic carbocycles. The largest absolute Gasteiger partial charge is 0.370 e. The van der Waals surface area contributed by atoms with Crippen LogP contribution in [-0.4, -0.2) is 38.0 Å². The lowest BCUT2D eigenvalue weighted by Crippen LogP contribution is -2.40. The molecule has 10 heteroatoms. The fourth-order valence-corrected chi connectivity index (χ4v) is 4.32. The topological polar surface area (TPSA) is 148 Å². The molecule has 4 aromatic rings. The minimum absolute atomic E-state index is 0.00185. The molecule has 0 spiro atoms. The quantitative estimate of drug-likeness (QED) is 0.373. The lowest BCUT2D eigenvalue weighted by molar-refractivity contribution is -0.118. The van der Waals surface area contributed by atoms with E-state index in [-0.39, 0.29) is 41.7 Å². The van der Waals surface area contributed by atoms with Gasteiger partial charge >= 0.3 is 0 Å². The van der Waals surface area contributed by atoms with Crippen molar-refractivity contribution in [3.63, 3.8) is 0 Å². The molecule has 188 valence electrons. The molecule has 0 radical (unpaired) electrons. The van der Waals surface area contributed by atoms with Crippen LogP contribution in [0.2, 0.25) is 0 Å². The highest BCUT2D eigenvalue weighted by atomic mass is 16.5. The van der Waals surface area contributed by atoms with Crippen molar-refractivity contribution in [1.29, 1.82) is 5.26 Å². The van der Waals surface area contributed by atoms with Gasteiger partial charge in [0.25, 0.3) is 17.2 Å². The molecule has 2 N–H and O–H groups in total. The van der Waals surface area contributed by atoms with Crippen molar-refractivity contribution in [3.05, 3.63) is 93.2 Å². The predicted octanol–water partition coefficient (Wildman–Crippen LogP) is 3.08. The van der Waals surface area contributed by atoms with Gasteiger partial charge in [-0.25, -0.2) is 0 Å². The van der Waals surface area contributed by atoms with E-state index < -0.39 is 17.9 Å². The number of fused-ring (bicyclic) bond motifs is 1. The molecule has 2 aromatic heterocycles. The number of amides is 2. The summed E-state index contributed by atoms with van der Waals surface area (Å²) in [5.41, 5.74) is 7.05. The Morgan fingerprint density at radius 3 is 2.62 bits per heavy atom. The smallest absolute Gasteiger partial charge is 0.267 e. The van der Waals surface area contributed by atoms with Crippen molar-refractivity contribution in [2.45, 2.75) is 39.3 Å². The van der Waals surface area contributed by atoms with Gasteiger partial charge in [-0.1, -0.05) is 48.5 Å². The zero-order valence-electron chi connectivity index (χ0n) is 20.5. The second-order valence-corrected chi connectivity index (χ2v) is 8.63. The average Bonchev–Trinajstić information content (AvgIpc) is 3.28. The minimum atomic E-state index is -0.705. The number of nitrogens with two attached hydrogens (primary N) is 1. The Bertz CT molecular complexity index is 1550. The molecule has 4 rings (SSSR count). The first-order valence-electron chi connectivity index (χ1n) is 11.8. The molecular formula is C27H26N6O4. The summed E-state index contributed by atoms with van der Waals surface area (Å²) in [5.74, 6) is -0.691. The number of nitrogens with zero attached hydrogens (tertiary/aromatic N) is 5. The summed E-state index contributed by atoms with van der Waals surface area (Å²) >= 11 is 0. The number of hydrogen-bond acceptors (Lipinski definition) is 7. The molecular weight excluding hydrogens is 472 g/mol. The molecule has 0 aliphatic carbocycles. The maximum atomic E-state index is 13.7. The third-order valence-corrected chi connectivity index (χ3v) is 6.14. The van der Waals surface area contributed by atoms with Gasteiger partial charge in [-0.05, 0) is 37.1 Å². The summed E-state index contributed by atoms with van der Waals surface area (Å²) in [6.07, 6.45) is 0.287. The lowest BCUT2D eigenvalue weighted by Gasteiger charge is -2.32. The van der Waals surface area contributed by atoms with Crippen LogP contribution in [0.15, 0.2) is 63.9 Å². The zero-order chi connectivity index (χ0) is 26.5. The van der Waals surface area contributed by atoms with Gasteiger partial charge in [-0.15, -0.1) is 0 Å². The van der Waals surface area contributed by atoms with Crippen LogP contribution >= 0.6 is 0 Å². The van der Waals surface area contributed by atoms with Crippen LogP contribution in [0, 0.1) is 18.3 Å². The van der Waals surface area contributed by atoms with E-state index in [1.165, 1.54) is 15.5 Å². The van der Waals surface area contributed by atoms with E-state index in [0.717, 1.165) is 5.56 Å². The Morgan fingerprint density at radius 2 is 1.95 bits per heavy atom. The Kier molecular flexibility index (Phi) is 7.44. The van der Waals surface area contributed by atoms with E-state index in [1.54, 1.807) is 25.1 Å². The van der Waals surface area contributed by atoms with E-state index in [0.29, 0.717) is 23.5 Å². The van der Waals surface area contributed by atoms with Crippen molar-refractivity contribution in [1.82, 2.24) is 19.6 Å². The highest BCUT2D eigenvalue weighted by Gasteiger charge is 2.31. The predicted molar refractivity (Wildman–Crippen MR) is 135 cm³/mol. The molecule has 0 fully saturated rings. The normalized spacial score (nSPS) is 11.7. The Labute approximate surface area is 212 Å². The number of nitriles is 1. The summed E-state index contributed by atoms with van der Waals surface area (Å²) in [6, 6.07) is 17.0. The van der Waals surface area contributed by atoms with E-state index in [2.05, 4.69) is 10.1 Å². The van der Waals surface area contributed by atoms with Crippen molar-refractivity contribution in [2.24, 2.45) is 5.73 Å². The zero-order valence-corrected chi connectivity index (χ0v) is 20.5. The van der Waals surface area contributed by atoms with E-state index in [4.69, 9.17) is 10.3 Å². The molecule has 1 unspecified atom stereocenters. The second-order valence-electron chi connectivity index (χ2n) is 8.63. The lowest BCUT2D eigenvalue weighted by atomic mass is 10.1. The number of aromatic nitrogens is 3. The molecule has 0 bridgehead atoms. The third kappa shape index (κ3) is 5.26. The summed E-state index contributed by atoms with van der Waals surface area (Å²) in [5, 5.41) is 13.5. The Morgan fingerprint density at radius 1 is 1.19 bits per heavy atom. The highest BCUT2D eigenvalue weighted by molar-refractivity contribution is 5.95. The average molecular weight is 499 g/mol. The van der Waals surface area contributed by atoms with Crippen molar-refractivity contribution in [3.8, 4) is 6.07 Å². The summed E-state index contributed by atoms with van der Waals surface area (Å²) in [6.45, 7) is 3.73. The van der Waals surface area contributed by atoms with Crippen LogP contribution in [-0.2, 0) is 11.3 Å². The first-order valence-corrected chi connectivity index (χ1v) is 11.8. The van der Waals surface area contributed by atoms with Crippen LogP contribution in [0.25, 0.3) is 11.1 Å². The Balaban J connectivity index is 1.89. The van der Waals surface area contributed by atoms with Gasteiger partial charge in [0.2, 0.25) is 5.91 Å². The number of benzene rings is 2. The number of carbonyl (C=O) groups excluding carboxylic acids is 2. The van der Waals surface area contributed by atoms with E-state index >= 15 is 0 Å². The van der Waals surface area contributed by atoms with E-state index in [1.807, 2.05) is 43.3 Å². The van der Waals surface area contributed by atoms with E-state index in [9.17, 15) is 19.6 Å². The fraction of sp³-hybridized carbons (Fsp3) is 0.259. The van der Waals surface area contributed by atoms with Gasteiger partial charge in [0.15, 0.2) is 0 Å². The number of hydrogen-bond donors (Lipinski definition) is 1. The molecule has 10 nitrogen and oxygen atoms in total. The number of rotatable bonds is 9. The molecule has 0 aliphatic rings. The fourth-order valence-electron chi connectivity index (χ4n) is 4.32. The molecule has 37 heavy (non-hydrogen) atoms. The summed E-state index contributed by atoms with van der Waals surface area (Å²) < 4.78 is 6.86. The third-order valence-electron chi connectivity index (χ3n) is 6.14. The minimum Gasteiger partial charge on any atom is -0.370 e. The molecule has 2 amide bonds.